The number of hydrogen-bond acceptors (Lipinski definition) is 4. The standard InChI is InChI=1S/C14H13Cl2NO2S/c1-19-14(18)13(17-8-10-3-2-6-20-10)11-7-9(15)4-5-12(11)16/h2-7,13,17H,8H2,1H3. The fourth-order valence-corrected chi connectivity index (χ4v) is 2.85. The molecule has 1 aromatic heterocycles. The summed E-state index contributed by atoms with van der Waals surface area (Å²) in [7, 11) is 1.35. The van der Waals surface area contributed by atoms with E-state index >= 15 is 0 Å². The van der Waals surface area contributed by atoms with Gasteiger partial charge in [0.2, 0.25) is 0 Å². The second kappa shape index (κ2) is 7.09. The number of thiophene rings is 1. The first kappa shape index (κ1) is 15.3. The van der Waals surface area contributed by atoms with Crippen molar-refractivity contribution in [2.75, 3.05) is 7.11 Å². The molecule has 0 aliphatic carbocycles. The number of methoxy groups -OCH3 is 1. The highest BCUT2D eigenvalue weighted by molar-refractivity contribution is 7.09. The van der Waals surface area contributed by atoms with Crippen molar-refractivity contribution in [2.45, 2.75) is 12.6 Å². The van der Waals surface area contributed by atoms with E-state index in [1.54, 1.807) is 29.5 Å². The van der Waals surface area contributed by atoms with Crippen LogP contribution in [0.15, 0.2) is 35.7 Å². The van der Waals surface area contributed by atoms with Gasteiger partial charge in [-0.15, -0.1) is 11.3 Å². The molecular formula is C14H13Cl2NO2S. The van der Waals surface area contributed by atoms with E-state index in [2.05, 4.69) is 5.32 Å². The first-order chi connectivity index (χ1) is 9.61. The number of hydrogen-bond donors (Lipinski definition) is 1. The van der Waals surface area contributed by atoms with E-state index < -0.39 is 12.0 Å². The number of nitrogens with one attached hydrogen (secondary N) is 1. The smallest absolute Gasteiger partial charge is 0.327 e. The Hall–Kier alpha value is -1.07. The zero-order chi connectivity index (χ0) is 14.5. The van der Waals surface area contributed by atoms with E-state index in [1.165, 1.54) is 7.11 Å². The molecule has 0 aliphatic rings. The summed E-state index contributed by atoms with van der Waals surface area (Å²) in [6, 6.07) is 8.33. The Morgan fingerprint density at radius 3 is 2.85 bits per heavy atom. The van der Waals surface area contributed by atoms with Crippen molar-refractivity contribution >= 4 is 40.5 Å². The minimum absolute atomic E-state index is 0.397. The van der Waals surface area contributed by atoms with Gasteiger partial charge in [-0.1, -0.05) is 29.3 Å². The van der Waals surface area contributed by atoms with Crippen LogP contribution in [0, 0.1) is 0 Å². The van der Waals surface area contributed by atoms with Crippen molar-refractivity contribution in [2.24, 2.45) is 0 Å². The summed E-state index contributed by atoms with van der Waals surface area (Å²) in [5.41, 5.74) is 0.613. The summed E-state index contributed by atoms with van der Waals surface area (Å²) in [5.74, 6) is -0.397. The van der Waals surface area contributed by atoms with Crippen molar-refractivity contribution in [3.63, 3.8) is 0 Å². The second-order valence-electron chi connectivity index (χ2n) is 4.08. The Balaban J connectivity index is 2.22. The van der Waals surface area contributed by atoms with Gasteiger partial charge in [0.1, 0.15) is 6.04 Å². The molecule has 2 rings (SSSR count). The molecule has 3 nitrogen and oxygen atoms in total. The molecule has 0 spiro atoms. The van der Waals surface area contributed by atoms with Gasteiger partial charge in [-0.25, -0.2) is 4.79 Å². The number of benzene rings is 1. The summed E-state index contributed by atoms with van der Waals surface area (Å²) in [6.07, 6.45) is 0. The maximum Gasteiger partial charge on any atom is 0.327 e. The Kier molecular flexibility index (Phi) is 5.43. The van der Waals surface area contributed by atoms with Crippen LogP contribution in [-0.2, 0) is 16.1 Å². The Morgan fingerprint density at radius 2 is 2.20 bits per heavy atom. The van der Waals surface area contributed by atoms with Crippen LogP contribution in [0.25, 0.3) is 0 Å². The van der Waals surface area contributed by atoms with Crippen LogP contribution in [0.3, 0.4) is 0 Å². The van der Waals surface area contributed by atoms with Crippen molar-refractivity contribution in [1.29, 1.82) is 0 Å². The Bertz CT molecular complexity index is 587. The molecule has 1 heterocycles. The van der Waals surface area contributed by atoms with Gasteiger partial charge in [0.05, 0.1) is 7.11 Å². The topological polar surface area (TPSA) is 38.3 Å². The molecule has 20 heavy (non-hydrogen) atoms. The molecular weight excluding hydrogens is 317 g/mol. The van der Waals surface area contributed by atoms with E-state index in [0.29, 0.717) is 22.2 Å². The highest BCUT2D eigenvalue weighted by Crippen LogP contribution is 2.27. The SMILES string of the molecule is COC(=O)C(NCc1cccs1)c1cc(Cl)ccc1Cl. The van der Waals surface area contributed by atoms with Gasteiger partial charge in [0.15, 0.2) is 0 Å². The summed E-state index contributed by atoms with van der Waals surface area (Å²) < 4.78 is 4.83. The number of halogens is 2. The summed E-state index contributed by atoms with van der Waals surface area (Å²) in [5, 5.41) is 6.13. The molecule has 0 aliphatic heterocycles. The first-order valence-corrected chi connectivity index (χ1v) is 7.54. The van der Waals surface area contributed by atoms with Crippen molar-refractivity contribution in [3.05, 3.63) is 56.2 Å². The molecule has 2 aromatic rings. The molecule has 1 unspecified atom stereocenters. The molecule has 0 saturated heterocycles. The maximum absolute atomic E-state index is 12.0. The van der Waals surface area contributed by atoms with Gasteiger partial charge in [-0.05, 0) is 29.6 Å². The van der Waals surface area contributed by atoms with E-state index in [4.69, 9.17) is 27.9 Å². The third kappa shape index (κ3) is 3.73. The molecule has 0 saturated carbocycles. The number of ether oxygens (including phenoxy) is 1. The van der Waals surface area contributed by atoms with E-state index in [-0.39, 0.29) is 0 Å². The minimum atomic E-state index is -0.645. The van der Waals surface area contributed by atoms with Gasteiger partial charge >= 0.3 is 5.97 Å². The lowest BCUT2D eigenvalue weighted by molar-refractivity contribution is -0.143. The highest BCUT2D eigenvalue weighted by Gasteiger charge is 2.23. The Labute approximate surface area is 131 Å². The summed E-state index contributed by atoms with van der Waals surface area (Å²) in [6.45, 7) is 0.556. The van der Waals surface area contributed by atoms with Crippen molar-refractivity contribution in [3.8, 4) is 0 Å². The van der Waals surface area contributed by atoms with Crippen LogP contribution < -0.4 is 5.32 Å². The molecule has 0 amide bonds. The van der Waals surface area contributed by atoms with Gasteiger partial charge in [-0.2, -0.15) is 0 Å². The normalized spacial score (nSPS) is 12.2. The third-order valence-electron chi connectivity index (χ3n) is 2.77. The van der Waals surface area contributed by atoms with Crippen LogP contribution in [0.1, 0.15) is 16.5 Å². The van der Waals surface area contributed by atoms with Gasteiger partial charge in [0, 0.05) is 27.0 Å². The molecule has 1 atom stereocenters. The maximum atomic E-state index is 12.0. The van der Waals surface area contributed by atoms with Crippen LogP contribution in [0.4, 0.5) is 0 Å². The van der Waals surface area contributed by atoms with Crippen molar-refractivity contribution < 1.29 is 9.53 Å². The monoisotopic (exact) mass is 329 g/mol. The number of esters is 1. The minimum Gasteiger partial charge on any atom is -0.468 e. The zero-order valence-electron chi connectivity index (χ0n) is 10.7. The predicted molar refractivity (Wildman–Crippen MR) is 82.4 cm³/mol. The number of carbonyl (C=O) groups is 1. The van der Waals surface area contributed by atoms with Crippen LogP contribution in [0.5, 0.6) is 0 Å². The average Bonchev–Trinajstić information content (AvgIpc) is 2.95. The van der Waals surface area contributed by atoms with Gasteiger partial charge < -0.3 is 4.74 Å². The lowest BCUT2D eigenvalue weighted by Gasteiger charge is -2.18. The number of carbonyl (C=O) groups excluding carboxylic acids is 1. The zero-order valence-corrected chi connectivity index (χ0v) is 13.1. The number of rotatable bonds is 5. The largest absolute Gasteiger partial charge is 0.468 e. The van der Waals surface area contributed by atoms with Crippen LogP contribution in [0.2, 0.25) is 10.0 Å². The fraction of sp³-hybridized carbons (Fsp3) is 0.214. The highest BCUT2D eigenvalue weighted by atomic mass is 35.5. The molecule has 106 valence electrons. The van der Waals surface area contributed by atoms with Crippen molar-refractivity contribution in [1.82, 2.24) is 5.32 Å². The van der Waals surface area contributed by atoms with Gasteiger partial charge in [-0.3, -0.25) is 5.32 Å². The summed E-state index contributed by atoms with van der Waals surface area (Å²) in [4.78, 5) is 13.1. The molecule has 0 bridgehead atoms. The summed E-state index contributed by atoms with van der Waals surface area (Å²) >= 11 is 13.7. The molecule has 0 radical (unpaired) electrons. The molecule has 6 heteroatoms. The fourth-order valence-electron chi connectivity index (χ4n) is 1.79. The van der Waals surface area contributed by atoms with Crippen LogP contribution >= 0.6 is 34.5 Å². The van der Waals surface area contributed by atoms with E-state index in [9.17, 15) is 4.79 Å². The second-order valence-corrected chi connectivity index (χ2v) is 5.96. The van der Waals surface area contributed by atoms with E-state index in [1.807, 2.05) is 17.5 Å². The third-order valence-corrected chi connectivity index (χ3v) is 4.22. The lowest BCUT2D eigenvalue weighted by Crippen LogP contribution is -2.29. The quantitative estimate of drug-likeness (QED) is 0.840. The lowest BCUT2D eigenvalue weighted by atomic mass is 10.1. The van der Waals surface area contributed by atoms with Crippen LogP contribution in [-0.4, -0.2) is 13.1 Å². The first-order valence-electron chi connectivity index (χ1n) is 5.90. The Morgan fingerprint density at radius 1 is 1.40 bits per heavy atom. The predicted octanol–water partition coefficient (Wildman–Crippen LogP) is 4.06. The van der Waals surface area contributed by atoms with Gasteiger partial charge in [0.25, 0.3) is 0 Å². The van der Waals surface area contributed by atoms with E-state index in [0.717, 1.165) is 4.88 Å². The molecule has 1 N–H and O–H groups in total. The average molecular weight is 330 g/mol. The molecule has 0 fully saturated rings. The molecule has 1 aromatic carbocycles.